The highest BCUT2D eigenvalue weighted by Crippen LogP contribution is 2.25. The standard InChI is InChI=1S/C17H19BrFN/c1-3-8-20-17(13-4-6-15(18)7-5-13)14-9-12(2)10-16(19)11-14/h4-7,9-11,17,20H,3,8H2,1-2H3. The molecule has 2 aromatic carbocycles. The molecule has 0 aliphatic rings. The van der Waals surface area contributed by atoms with Crippen LogP contribution in [0.3, 0.4) is 0 Å². The van der Waals surface area contributed by atoms with E-state index in [4.69, 9.17) is 0 Å². The molecule has 0 aromatic heterocycles. The third-order valence-corrected chi connectivity index (χ3v) is 3.73. The van der Waals surface area contributed by atoms with Gasteiger partial charge in [-0.25, -0.2) is 4.39 Å². The Morgan fingerprint density at radius 1 is 1.10 bits per heavy atom. The predicted octanol–water partition coefficient (Wildman–Crippen LogP) is 4.99. The topological polar surface area (TPSA) is 12.0 Å². The minimum absolute atomic E-state index is 0.0254. The van der Waals surface area contributed by atoms with Gasteiger partial charge in [0.1, 0.15) is 5.82 Å². The summed E-state index contributed by atoms with van der Waals surface area (Å²) in [6.45, 7) is 4.95. The summed E-state index contributed by atoms with van der Waals surface area (Å²) in [6, 6.07) is 13.4. The van der Waals surface area contributed by atoms with Gasteiger partial charge >= 0.3 is 0 Å². The number of benzene rings is 2. The summed E-state index contributed by atoms with van der Waals surface area (Å²) < 4.78 is 14.7. The predicted molar refractivity (Wildman–Crippen MR) is 85.4 cm³/mol. The summed E-state index contributed by atoms with van der Waals surface area (Å²) in [5.41, 5.74) is 3.06. The lowest BCUT2D eigenvalue weighted by Gasteiger charge is -2.20. The van der Waals surface area contributed by atoms with Crippen LogP contribution in [-0.2, 0) is 0 Å². The third-order valence-electron chi connectivity index (χ3n) is 3.20. The van der Waals surface area contributed by atoms with Crippen molar-refractivity contribution in [2.75, 3.05) is 6.54 Å². The molecule has 106 valence electrons. The van der Waals surface area contributed by atoms with Crippen LogP contribution in [-0.4, -0.2) is 6.54 Å². The Labute approximate surface area is 128 Å². The van der Waals surface area contributed by atoms with E-state index in [9.17, 15) is 4.39 Å². The quantitative estimate of drug-likeness (QED) is 0.811. The van der Waals surface area contributed by atoms with Crippen LogP contribution in [0.1, 0.15) is 36.1 Å². The van der Waals surface area contributed by atoms with Crippen LogP contribution in [0.15, 0.2) is 46.9 Å². The van der Waals surface area contributed by atoms with Crippen LogP contribution in [0.5, 0.6) is 0 Å². The van der Waals surface area contributed by atoms with Gasteiger partial charge in [0.15, 0.2) is 0 Å². The molecule has 1 unspecified atom stereocenters. The molecule has 3 heteroatoms. The average Bonchev–Trinajstić information content (AvgIpc) is 2.40. The molecule has 0 heterocycles. The molecular weight excluding hydrogens is 317 g/mol. The van der Waals surface area contributed by atoms with Crippen molar-refractivity contribution in [1.82, 2.24) is 5.32 Å². The number of hydrogen-bond acceptors (Lipinski definition) is 1. The van der Waals surface area contributed by atoms with Gasteiger partial charge in [0.25, 0.3) is 0 Å². The van der Waals surface area contributed by atoms with Crippen molar-refractivity contribution in [3.63, 3.8) is 0 Å². The van der Waals surface area contributed by atoms with E-state index in [1.54, 1.807) is 12.1 Å². The molecule has 1 N–H and O–H groups in total. The maximum absolute atomic E-state index is 13.7. The lowest BCUT2D eigenvalue weighted by Crippen LogP contribution is -2.23. The Bertz CT molecular complexity index is 545. The summed E-state index contributed by atoms with van der Waals surface area (Å²) in [4.78, 5) is 0. The van der Waals surface area contributed by atoms with E-state index in [-0.39, 0.29) is 11.9 Å². The molecule has 1 nitrogen and oxygen atoms in total. The van der Waals surface area contributed by atoms with E-state index in [2.05, 4.69) is 40.3 Å². The zero-order valence-corrected chi connectivity index (χ0v) is 13.4. The van der Waals surface area contributed by atoms with Gasteiger partial charge in [0.05, 0.1) is 6.04 Å². The van der Waals surface area contributed by atoms with Gasteiger partial charge in [-0.1, -0.05) is 41.1 Å². The summed E-state index contributed by atoms with van der Waals surface area (Å²) in [6.07, 6.45) is 1.04. The second kappa shape index (κ2) is 7.00. The maximum atomic E-state index is 13.7. The average molecular weight is 336 g/mol. The van der Waals surface area contributed by atoms with Crippen molar-refractivity contribution in [2.24, 2.45) is 0 Å². The molecule has 2 rings (SSSR count). The van der Waals surface area contributed by atoms with Gasteiger partial charge in [-0.05, 0) is 60.8 Å². The molecule has 2 aromatic rings. The number of aryl methyl sites for hydroxylation is 1. The largest absolute Gasteiger partial charge is 0.306 e. The van der Waals surface area contributed by atoms with Crippen LogP contribution < -0.4 is 5.32 Å². The molecule has 20 heavy (non-hydrogen) atoms. The van der Waals surface area contributed by atoms with E-state index in [1.165, 1.54) is 0 Å². The molecule has 0 bridgehead atoms. The SMILES string of the molecule is CCCNC(c1ccc(Br)cc1)c1cc(C)cc(F)c1. The van der Waals surface area contributed by atoms with Crippen LogP contribution in [0, 0.1) is 12.7 Å². The molecule has 0 fully saturated rings. The zero-order valence-electron chi connectivity index (χ0n) is 11.8. The van der Waals surface area contributed by atoms with Gasteiger partial charge in [-0.2, -0.15) is 0 Å². The number of rotatable bonds is 5. The first kappa shape index (κ1) is 15.2. The van der Waals surface area contributed by atoms with Crippen molar-refractivity contribution < 1.29 is 4.39 Å². The highest BCUT2D eigenvalue weighted by molar-refractivity contribution is 9.10. The highest BCUT2D eigenvalue weighted by Gasteiger charge is 2.14. The first-order valence-electron chi connectivity index (χ1n) is 6.86. The minimum atomic E-state index is -0.180. The molecule has 0 saturated heterocycles. The Hall–Kier alpha value is -1.19. The van der Waals surface area contributed by atoms with Gasteiger partial charge in [-0.15, -0.1) is 0 Å². The van der Waals surface area contributed by atoms with E-state index >= 15 is 0 Å². The number of nitrogens with one attached hydrogen (secondary N) is 1. The fraction of sp³-hybridized carbons (Fsp3) is 0.294. The lowest BCUT2D eigenvalue weighted by molar-refractivity contribution is 0.584. The van der Waals surface area contributed by atoms with Gasteiger partial charge in [-0.3, -0.25) is 0 Å². The summed E-state index contributed by atoms with van der Waals surface area (Å²) in [7, 11) is 0. The number of hydrogen-bond donors (Lipinski definition) is 1. The van der Waals surface area contributed by atoms with Crippen molar-refractivity contribution in [2.45, 2.75) is 26.3 Å². The summed E-state index contributed by atoms with van der Waals surface area (Å²) in [5, 5.41) is 3.49. The molecule has 0 saturated carbocycles. The van der Waals surface area contributed by atoms with E-state index < -0.39 is 0 Å². The number of halogens is 2. The molecule has 0 aliphatic heterocycles. The summed E-state index contributed by atoms with van der Waals surface area (Å²) in [5.74, 6) is -0.180. The second-order valence-electron chi connectivity index (χ2n) is 5.00. The Morgan fingerprint density at radius 3 is 2.40 bits per heavy atom. The molecule has 1 atom stereocenters. The fourth-order valence-corrected chi connectivity index (χ4v) is 2.57. The first-order valence-corrected chi connectivity index (χ1v) is 7.65. The van der Waals surface area contributed by atoms with Gasteiger partial charge in [0.2, 0.25) is 0 Å². The van der Waals surface area contributed by atoms with E-state index in [0.717, 1.165) is 34.1 Å². The first-order chi connectivity index (χ1) is 9.60. The lowest BCUT2D eigenvalue weighted by atomic mass is 9.97. The Kier molecular flexibility index (Phi) is 5.32. The van der Waals surface area contributed by atoms with Crippen molar-refractivity contribution in [3.8, 4) is 0 Å². The minimum Gasteiger partial charge on any atom is -0.306 e. The third kappa shape index (κ3) is 3.90. The monoisotopic (exact) mass is 335 g/mol. The van der Waals surface area contributed by atoms with E-state index in [1.807, 2.05) is 25.1 Å². The molecule has 0 radical (unpaired) electrons. The smallest absolute Gasteiger partial charge is 0.123 e. The maximum Gasteiger partial charge on any atom is 0.123 e. The molecule has 0 aliphatic carbocycles. The normalized spacial score (nSPS) is 12.4. The zero-order chi connectivity index (χ0) is 14.5. The van der Waals surface area contributed by atoms with Crippen molar-refractivity contribution in [1.29, 1.82) is 0 Å². The van der Waals surface area contributed by atoms with Crippen molar-refractivity contribution >= 4 is 15.9 Å². The Balaban J connectivity index is 2.38. The van der Waals surface area contributed by atoms with E-state index in [0.29, 0.717) is 0 Å². The van der Waals surface area contributed by atoms with Crippen LogP contribution in [0.4, 0.5) is 4.39 Å². The molecular formula is C17H19BrFN. The van der Waals surface area contributed by atoms with Crippen LogP contribution in [0.25, 0.3) is 0 Å². The highest BCUT2D eigenvalue weighted by atomic mass is 79.9. The second-order valence-corrected chi connectivity index (χ2v) is 5.92. The molecule has 0 amide bonds. The van der Waals surface area contributed by atoms with Crippen LogP contribution in [0.2, 0.25) is 0 Å². The van der Waals surface area contributed by atoms with Gasteiger partial charge < -0.3 is 5.32 Å². The van der Waals surface area contributed by atoms with Crippen molar-refractivity contribution in [3.05, 3.63) is 69.4 Å². The molecule has 0 spiro atoms. The van der Waals surface area contributed by atoms with Gasteiger partial charge in [0, 0.05) is 4.47 Å². The summed E-state index contributed by atoms with van der Waals surface area (Å²) >= 11 is 3.45. The van der Waals surface area contributed by atoms with Crippen LogP contribution >= 0.6 is 15.9 Å². The fourth-order valence-electron chi connectivity index (χ4n) is 2.30. The Morgan fingerprint density at radius 2 is 1.80 bits per heavy atom.